The number of ether oxygens (including phenoxy) is 2. The van der Waals surface area contributed by atoms with Crippen molar-refractivity contribution in [2.45, 2.75) is 32.9 Å². The van der Waals surface area contributed by atoms with Gasteiger partial charge >= 0.3 is 18.0 Å². The molecule has 2 atom stereocenters. The van der Waals surface area contributed by atoms with Gasteiger partial charge in [0.15, 0.2) is 0 Å². The van der Waals surface area contributed by atoms with Crippen LogP contribution in [0.25, 0.3) is 0 Å². The van der Waals surface area contributed by atoms with Crippen molar-refractivity contribution in [1.29, 1.82) is 0 Å². The lowest BCUT2D eigenvalue weighted by molar-refractivity contribution is -0.139. The minimum atomic E-state index is -0.712. The molecule has 0 aliphatic carbocycles. The number of esters is 1. The van der Waals surface area contributed by atoms with Crippen molar-refractivity contribution in [1.82, 2.24) is 25.3 Å². The van der Waals surface area contributed by atoms with E-state index in [1.165, 1.54) is 4.90 Å². The third kappa shape index (κ3) is 6.51. The Bertz CT molecular complexity index is 1220. The highest BCUT2D eigenvalue weighted by Crippen LogP contribution is 2.34. The SMILES string of the molecule is CCNC(=O)N1CCN(CC2=C(C(=O)OCC)[C@H](c3cccc(Oc4ccccc4)c3)NC(=O)N2C)C[C@@H]1C. The van der Waals surface area contributed by atoms with Crippen LogP contribution >= 0.6 is 0 Å². The smallest absolute Gasteiger partial charge is 0.338 e. The molecule has 1 fully saturated rings. The highest BCUT2D eigenvalue weighted by molar-refractivity contribution is 5.95. The van der Waals surface area contributed by atoms with Crippen LogP contribution < -0.4 is 15.4 Å². The zero-order chi connectivity index (χ0) is 27.9. The quantitative estimate of drug-likeness (QED) is 0.500. The van der Waals surface area contributed by atoms with Crippen molar-refractivity contribution < 1.29 is 23.9 Å². The average Bonchev–Trinajstić information content (AvgIpc) is 2.92. The number of likely N-dealkylation sites (N-methyl/N-ethyl adjacent to an activating group) is 1. The molecule has 1 saturated heterocycles. The molecular weight excluding hydrogens is 498 g/mol. The van der Waals surface area contributed by atoms with Crippen LogP contribution in [0.2, 0.25) is 0 Å². The van der Waals surface area contributed by atoms with E-state index in [1.54, 1.807) is 14.0 Å². The molecule has 0 unspecified atom stereocenters. The van der Waals surface area contributed by atoms with Gasteiger partial charge in [0, 0.05) is 51.5 Å². The minimum absolute atomic E-state index is 0.0257. The summed E-state index contributed by atoms with van der Waals surface area (Å²) in [6, 6.07) is 15.6. The third-order valence-electron chi connectivity index (χ3n) is 6.92. The Labute approximate surface area is 229 Å². The first-order valence-electron chi connectivity index (χ1n) is 13.4. The molecule has 10 nitrogen and oxygen atoms in total. The lowest BCUT2D eigenvalue weighted by Crippen LogP contribution is -2.57. The monoisotopic (exact) mass is 535 g/mol. The summed E-state index contributed by atoms with van der Waals surface area (Å²) in [6.07, 6.45) is 0. The lowest BCUT2D eigenvalue weighted by atomic mass is 9.94. The van der Waals surface area contributed by atoms with E-state index in [0.717, 1.165) is 0 Å². The summed E-state index contributed by atoms with van der Waals surface area (Å²) < 4.78 is 11.5. The molecule has 4 rings (SSSR count). The number of rotatable bonds is 8. The maximum Gasteiger partial charge on any atom is 0.338 e. The Balaban J connectivity index is 1.64. The van der Waals surface area contributed by atoms with Gasteiger partial charge in [-0.1, -0.05) is 30.3 Å². The zero-order valence-corrected chi connectivity index (χ0v) is 23.0. The highest BCUT2D eigenvalue weighted by Gasteiger charge is 2.38. The van der Waals surface area contributed by atoms with Gasteiger partial charge in [-0.05, 0) is 50.6 Å². The maximum absolute atomic E-state index is 13.4. The van der Waals surface area contributed by atoms with Gasteiger partial charge in [-0.2, -0.15) is 0 Å². The van der Waals surface area contributed by atoms with Crippen LogP contribution in [-0.4, -0.2) is 85.2 Å². The fraction of sp³-hybridized carbons (Fsp3) is 0.414. The summed E-state index contributed by atoms with van der Waals surface area (Å²) in [5.41, 5.74) is 1.67. The van der Waals surface area contributed by atoms with Crippen LogP contribution in [0.1, 0.15) is 32.4 Å². The number of carbonyl (C=O) groups is 3. The molecule has 0 spiro atoms. The highest BCUT2D eigenvalue weighted by atomic mass is 16.5. The minimum Gasteiger partial charge on any atom is -0.463 e. The molecule has 2 aromatic carbocycles. The molecule has 0 aromatic heterocycles. The summed E-state index contributed by atoms with van der Waals surface area (Å²) in [5.74, 6) is 0.796. The number of hydrogen-bond acceptors (Lipinski definition) is 6. The van der Waals surface area contributed by atoms with E-state index in [1.807, 2.05) is 73.3 Å². The van der Waals surface area contributed by atoms with Gasteiger partial charge in [0.05, 0.1) is 18.2 Å². The Morgan fingerprint density at radius 3 is 2.49 bits per heavy atom. The van der Waals surface area contributed by atoms with E-state index in [4.69, 9.17) is 9.47 Å². The molecule has 39 heavy (non-hydrogen) atoms. The van der Waals surface area contributed by atoms with Crippen molar-refractivity contribution in [2.75, 3.05) is 46.4 Å². The number of benzene rings is 2. The first kappa shape index (κ1) is 28.0. The molecule has 2 aliphatic heterocycles. The molecule has 2 N–H and O–H groups in total. The molecule has 208 valence electrons. The van der Waals surface area contributed by atoms with Crippen LogP contribution in [-0.2, 0) is 9.53 Å². The standard InChI is InChI=1S/C29H37N5O5/c1-5-30-28(36)34-16-15-33(18-20(34)3)19-24-25(27(35)38-6-2)26(31-29(37)32(24)4)21-11-10-14-23(17-21)39-22-12-8-7-9-13-22/h7-14,17,20,26H,5-6,15-16,18-19H2,1-4H3,(H,30,36)(H,31,37)/t20-,26-/m0/s1. The number of amides is 4. The van der Waals surface area contributed by atoms with Gasteiger partial charge in [0.1, 0.15) is 11.5 Å². The van der Waals surface area contributed by atoms with Crippen molar-refractivity contribution in [2.24, 2.45) is 0 Å². The maximum atomic E-state index is 13.4. The predicted octanol–water partition coefficient (Wildman–Crippen LogP) is 3.73. The van der Waals surface area contributed by atoms with E-state index in [-0.39, 0.29) is 24.7 Å². The first-order chi connectivity index (χ1) is 18.8. The van der Waals surface area contributed by atoms with Gasteiger partial charge in [-0.3, -0.25) is 9.80 Å². The van der Waals surface area contributed by atoms with Gasteiger partial charge in [-0.25, -0.2) is 14.4 Å². The summed E-state index contributed by atoms with van der Waals surface area (Å²) in [5, 5.41) is 5.83. The predicted molar refractivity (Wildman–Crippen MR) is 147 cm³/mol. The number of piperazine rings is 1. The largest absolute Gasteiger partial charge is 0.463 e. The summed E-state index contributed by atoms with van der Waals surface area (Å²) in [7, 11) is 1.66. The second kappa shape index (κ2) is 12.7. The van der Waals surface area contributed by atoms with Crippen molar-refractivity contribution >= 4 is 18.0 Å². The summed E-state index contributed by atoms with van der Waals surface area (Å²) in [6.45, 7) is 8.57. The zero-order valence-electron chi connectivity index (χ0n) is 23.0. The molecule has 2 heterocycles. The van der Waals surface area contributed by atoms with Crippen molar-refractivity contribution in [3.63, 3.8) is 0 Å². The van der Waals surface area contributed by atoms with Gasteiger partial charge in [-0.15, -0.1) is 0 Å². The second-order valence-electron chi connectivity index (χ2n) is 9.62. The molecule has 0 saturated carbocycles. The molecule has 0 bridgehead atoms. The topological polar surface area (TPSA) is 103 Å². The summed E-state index contributed by atoms with van der Waals surface area (Å²) >= 11 is 0. The number of urea groups is 2. The van der Waals surface area contributed by atoms with Crippen LogP contribution in [0.15, 0.2) is 65.9 Å². The van der Waals surface area contributed by atoms with E-state index in [9.17, 15) is 14.4 Å². The molecule has 2 aromatic rings. The normalized spacial score (nSPS) is 19.9. The van der Waals surface area contributed by atoms with Crippen molar-refractivity contribution in [3.05, 3.63) is 71.4 Å². The van der Waals surface area contributed by atoms with E-state index < -0.39 is 12.0 Å². The second-order valence-corrected chi connectivity index (χ2v) is 9.62. The van der Waals surface area contributed by atoms with Gasteiger partial charge in [0.2, 0.25) is 0 Å². The number of para-hydroxylation sites is 1. The number of nitrogens with one attached hydrogen (secondary N) is 2. The van der Waals surface area contributed by atoms with Gasteiger partial charge < -0.3 is 25.0 Å². The Morgan fingerprint density at radius 2 is 1.79 bits per heavy atom. The van der Waals surface area contributed by atoms with E-state index in [0.29, 0.717) is 61.1 Å². The molecule has 4 amide bonds. The van der Waals surface area contributed by atoms with Crippen LogP contribution in [0.5, 0.6) is 11.5 Å². The number of carbonyl (C=O) groups excluding carboxylic acids is 3. The van der Waals surface area contributed by atoms with Crippen LogP contribution in [0.4, 0.5) is 9.59 Å². The Kier molecular flexibility index (Phi) is 9.08. The number of hydrogen-bond donors (Lipinski definition) is 2. The lowest BCUT2D eigenvalue weighted by Gasteiger charge is -2.42. The molecular formula is C29H37N5O5. The number of nitrogens with zero attached hydrogens (tertiary/aromatic N) is 3. The average molecular weight is 536 g/mol. The Hall–Kier alpha value is -4.05. The molecule has 2 aliphatic rings. The van der Waals surface area contributed by atoms with Gasteiger partial charge in [0.25, 0.3) is 0 Å². The Morgan fingerprint density at radius 1 is 1.05 bits per heavy atom. The molecule has 0 radical (unpaired) electrons. The fourth-order valence-corrected chi connectivity index (χ4v) is 4.97. The van der Waals surface area contributed by atoms with E-state index >= 15 is 0 Å². The summed E-state index contributed by atoms with van der Waals surface area (Å²) in [4.78, 5) is 44.4. The molecule has 10 heteroatoms. The van der Waals surface area contributed by atoms with Crippen LogP contribution in [0.3, 0.4) is 0 Å². The van der Waals surface area contributed by atoms with E-state index in [2.05, 4.69) is 15.5 Å². The van der Waals surface area contributed by atoms with Crippen LogP contribution in [0, 0.1) is 0 Å². The first-order valence-corrected chi connectivity index (χ1v) is 13.4. The van der Waals surface area contributed by atoms with Crippen molar-refractivity contribution in [3.8, 4) is 11.5 Å². The fourth-order valence-electron chi connectivity index (χ4n) is 4.97. The third-order valence-corrected chi connectivity index (χ3v) is 6.92.